The highest BCUT2D eigenvalue weighted by molar-refractivity contribution is 5.80. The number of carbonyl (C=O) groups is 2. The lowest BCUT2D eigenvalue weighted by molar-refractivity contribution is -0.130. The van der Waals surface area contributed by atoms with E-state index in [9.17, 15) is 9.59 Å². The maximum atomic E-state index is 12.0. The Balaban J connectivity index is 1.61. The Labute approximate surface area is 138 Å². The normalized spacial score (nSPS) is 22.9. The molecule has 2 rings (SSSR count). The minimum absolute atomic E-state index is 0.00473. The van der Waals surface area contributed by atoms with Crippen molar-refractivity contribution in [1.29, 1.82) is 0 Å². The van der Waals surface area contributed by atoms with Gasteiger partial charge in [-0.1, -0.05) is 0 Å². The van der Waals surface area contributed by atoms with Crippen LogP contribution >= 0.6 is 0 Å². The van der Waals surface area contributed by atoms with Gasteiger partial charge in [-0.3, -0.25) is 9.69 Å². The Morgan fingerprint density at radius 2 is 1.91 bits per heavy atom. The molecule has 2 amide bonds. The van der Waals surface area contributed by atoms with Crippen molar-refractivity contribution < 1.29 is 19.1 Å². The molecule has 1 atom stereocenters. The number of nitrogens with one attached hydrogen (secondary N) is 1. The summed E-state index contributed by atoms with van der Waals surface area (Å²) in [7, 11) is 0. The first-order valence-electron chi connectivity index (χ1n) is 8.45. The van der Waals surface area contributed by atoms with E-state index in [-0.39, 0.29) is 18.1 Å². The van der Waals surface area contributed by atoms with Crippen LogP contribution in [0.25, 0.3) is 0 Å². The lowest BCUT2D eigenvalue weighted by Crippen LogP contribution is -2.51. The zero-order valence-corrected chi connectivity index (χ0v) is 14.5. The number of amides is 2. The number of rotatable bonds is 4. The first-order chi connectivity index (χ1) is 10.8. The molecule has 0 radical (unpaired) electrons. The summed E-state index contributed by atoms with van der Waals surface area (Å²) in [6.45, 7) is 10.6. The van der Waals surface area contributed by atoms with Gasteiger partial charge in [-0.25, -0.2) is 4.79 Å². The van der Waals surface area contributed by atoms with Crippen LogP contribution in [-0.4, -0.2) is 79.4 Å². The molecule has 0 aromatic rings. The zero-order valence-electron chi connectivity index (χ0n) is 14.5. The second kappa shape index (κ2) is 7.97. The van der Waals surface area contributed by atoms with Crippen molar-refractivity contribution in [3.8, 4) is 0 Å². The second-order valence-corrected chi connectivity index (χ2v) is 7.10. The fourth-order valence-corrected chi connectivity index (χ4v) is 2.72. The molecule has 0 bridgehead atoms. The smallest absolute Gasteiger partial charge is 0.410 e. The highest BCUT2D eigenvalue weighted by Gasteiger charge is 2.26. The van der Waals surface area contributed by atoms with Gasteiger partial charge in [-0.05, 0) is 33.6 Å². The molecule has 7 heteroatoms. The summed E-state index contributed by atoms with van der Waals surface area (Å²) in [5.41, 5.74) is -0.458. The lowest BCUT2D eigenvalue weighted by atomic mass is 10.2. The molecule has 1 N–H and O–H groups in total. The average Bonchev–Trinajstić information content (AvgIpc) is 3.00. The molecule has 23 heavy (non-hydrogen) atoms. The second-order valence-electron chi connectivity index (χ2n) is 7.10. The summed E-state index contributed by atoms with van der Waals surface area (Å²) >= 11 is 0. The standard InChI is InChI=1S/C16H29N3O4/c1-16(2,3)23-15(21)19-10-8-18(9-11-19)7-6-17-14(20)13-5-4-12-22-13/h13H,4-12H2,1-3H3,(H,17,20). The van der Waals surface area contributed by atoms with Crippen LogP contribution in [0.1, 0.15) is 33.6 Å². The molecular formula is C16H29N3O4. The van der Waals surface area contributed by atoms with Crippen LogP contribution in [0.4, 0.5) is 4.79 Å². The monoisotopic (exact) mass is 327 g/mol. The quantitative estimate of drug-likeness (QED) is 0.828. The topological polar surface area (TPSA) is 71.1 Å². The van der Waals surface area contributed by atoms with Gasteiger partial charge in [0.1, 0.15) is 11.7 Å². The molecule has 0 aromatic carbocycles. The van der Waals surface area contributed by atoms with E-state index in [0.717, 1.165) is 32.5 Å². The van der Waals surface area contributed by atoms with E-state index in [1.54, 1.807) is 4.90 Å². The summed E-state index contributed by atoms with van der Waals surface area (Å²) in [5, 5.41) is 2.93. The number of nitrogens with zero attached hydrogens (tertiary/aromatic N) is 2. The minimum atomic E-state index is -0.458. The van der Waals surface area contributed by atoms with Gasteiger partial charge >= 0.3 is 6.09 Å². The first kappa shape index (κ1) is 18.0. The summed E-state index contributed by atoms with van der Waals surface area (Å²) in [5.74, 6) is -0.00473. The van der Waals surface area contributed by atoms with Gasteiger partial charge in [-0.15, -0.1) is 0 Å². The van der Waals surface area contributed by atoms with Crippen molar-refractivity contribution in [1.82, 2.24) is 15.1 Å². The van der Waals surface area contributed by atoms with E-state index in [2.05, 4.69) is 10.2 Å². The molecule has 0 saturated carbocycles. The van der Waals surface area contributed by atoms with E-state index in [0.29, 0.717) is 26.2 Å². The van der Waals surface area contributed by atoms with Crippen LogP contribution in [0.2, 0.25) is 0 Å². The molecular weight excluding hydrogens is 298 g/mol. The summed E-state index contributed by atoms with van der Waals surface area (Å²) in [6.07, 6.45) is 1.27. The molecule has 0 aliphatic carbocycles. The van der Waals surface area contributed by atoms with Crippen molar-refractivity contribution in [3.63, 3.8) is 0 Å². The molecule has 2 heterocycles. The number of ether oxygens (including phenoxy) is 2. The van der Waals surface area contributed by atoms with Crippen LogP contribution in [-0.2, 0) is 14.3 Å². The molecule has 2 aliphatic heterocycles. The molecule has 7 nitrogen and oxygen atoms in total. The first-order valence-corrected chi connectivity index (χ1v) is 8.45. The third-order valence-corrected chi connectivity index (χ3v) is 3.97. The SMILES string of the molecule is CC(C)(C)OC(=O)N1CCN(CCNC(=O)C2CCCO2)CC1. The predicted molar refractivity (Wildman–Crippen MR) is 86.2 cm³/mol. The van der Waals surface area contributed by atoms with Crippen LogP contribution in [0.3, 0.4) is 0 Å². The van der Waals surface area contributed by atoms with Crippen molar-refractivity contribution in [3.05, 3.63) is 0 Å². The molecule has 0 aromatic heterocycles. The van der Waals surface area contributed by atoms with E-state index >= 15 is 0 Å². The molecule has 2 saturated heterocycles. The van der Waals surface area contributed by atoms with Gasteiger partial charge in [0.15, 0.2) is 0 Å². The fraction of sp³-hybridized carbons (Fsp3) is 0.875. The van der Waals surface area contributed by atoms with Crippen LogP contribution in [0, 0.1) is 0 Å². The van der Waals surface area contributed by atoms with Gasteiger partial charge in [0.25, 0.3) is 0 Å². The summed E-state index contributed by atoms with van der Waals surface area (Å²) in [4.78, 5) is 27.8. The third kappa shape index (κ3) is 5.99. The number of carbonyl (C=O) groups excluding carboxylic acids is 2. The maximum Gasteiger partial charge on any atom is 0.410 e. The Morgan fingerprint density at radius 3 is 2.48 bits per heavy atom. The van der Waals surface area contributed by atoms with Crippen molar-refractivity contribution in [2.75, 3.05) is 45.9 Å². The zero-order chi connectivity index (χ0) is 16.9. The number of hydrogen-bond acceptors (Lipinski definition) is 5. The Kier molecular flexibility index (Phi) is 6.24. The highest BCUT2D eigenvalue weighted by Crippen LogP contribution is 2.12. The molecule has 2 aliphatic rings. The average molecular weight is 327 g/mol. The Bertz CT molecular complexity index is 408. The number of piperazine rings is 1. The molecule has 0 spiro atoms. The van der Waals surface area contributed by atoms with E-state index in [4.69, 9.17) is 9.47 Å². The van der Waals surface area contributed by atoms with Gasteiger partial charge in [-0.2, -0.15) is 0 Å². The van der Waals surface area contributed by atoms with Gasteiger partial charge < -0.3 is 19.7 Å². The molecule has 1 unspecified atom stereocenters. The Hall–Kier alpha value is -1.34. The largest absolute Gasteiger partial charge is 0.444 e. The fourth-order valence-electron chi connectivity index (χ4n) is 2.72. The summed E-state index contributed by atoms with van der Waals surface area (Å²) in [6, 6.07) is 0. The van der Waals surface area contributed by atoms with Crippen molar-refractivity contribution >= 4 is 12.0 Å². The van der Waals surface area contributed by atoms with Gasteiger partial charge in [0.2, 0.25) is 5.91 Å². The third-order valence-electron chi connectivity index (χ3n) is 3.97. The van der Waals surface area contributed by atoms with Gasteiger partial charge in [0, 0.05) is 45.9 Å². The lowest BCUT2D eigenvalue weighted by Gasteiger charge is -2.35. The van der Waals surface area contributed by atoms with Crippen LogP contribution in [0.5, 0.6) is 0 Å². The van der Waals surface area contributed by atoms with Crippen LogP contribution < -0.4 is 5.32 Å². The predicted octanol–water partition coefficient (Wildman–Crippen LogP) is 0.834. The molecule has 132 valence electrons. The Morgan fingerprint density at radius 1 is 1.22 bits per heavy atom. The molecule has 2 fully saturated rings. The minimum Gasteiger partial charge on any atom is -0.444 e. The number of hydrogen-bond donors (Lipinski definition) is 1. The van der Waals surface area contributed by atoms with Crippen molar-refractivity contribution in [2.45, 2.75) is 45.3 Å². The van der Waals surface area contributed by atoms with E-state index < -0.39 is 5.60 Å². The van der Waals surface area contributed by atoms with Gasteiger partial charge in [0.05, 0.1) is 0 Å². The highest BCUT2D eigenvalue weighted by atomic mass is 16.6. The summed E-state index contributed by atoms with van der Waals surface area (Å²) < 4.78 is 10.7. The maximum absolute atomic E-state index is 12.0. The van der Waals surface area contributed by atoms with E-state index in [1.807, 2.05) is 20.8 Å². The van der Waals surface area contributed by atoms with Crippen LogP contribution in [0.15, 0.2) is 0 Å². The van der Waals surface area contributed by atoms with Crippen molar-refractivity contribution in [2.24, 2.45) is 0 Å². The van der Waals surface area contributed by atoms with E-state index in [1.165, 1.54) is 0 Å².